The number of anilines is 1. The Kier molecular flexibility index (Phi) is 4.31. The number of fused-ring (bicyclic) bond motifs is 3. The van der Waals surface area contributed by atoms with Gasteiger partial charge in [0.15, 0.2) is 0 Å². The summed E-state index contributed by atoms with van der Waals surface area (Å²) in [6.07, 6.45) is 6.31. The lowest BCUT2D eigenvalue weighted by Gasteiger charge is -2.29. The molecule has 0 unspecified atom stereocenters. The van der Waals surface area contributed by atoms with E-state index in [1.165, 1.54) is 30.5 Å². The average Bonchev–Trinajstić information content (AvgIpc) is 3.12. The minimum Gasteiger partial charge on any atom is -0.372 e. The van der Waals surface area contributed by atoms with Crippen LogP contribution in [0.2, 0.25) is 0 Å². The van der Waals surface area contributed by atoms with Gasteiger partial charge in [0.25, 0.3) is 0 Å². The lowest BCUT2D eigenvalue weighted by atomic mass is 10.0. The predicted molar refractivity (Wildman–Crippen MR) is 115 cm³/mol. The molecule has 5 heteroatoms. The fourth-order valence-electron chi connectivity index (χ4n) is 4.46. The topological polar surface area (TPSA) is 72.1 Å². The molecular weight excluding hydrogens is 360 g/mol. The Morgan fingerprint density at radius 3 is 2.62 bits per heavy atom. The number of amides is 1. The van der Waals surface area contributed by atoms with Crippen LogP contribution in [0.4, 0.5) is 5.69 Å². The first-order valence-electron chi connectivity index (χ1n) is 10.2. The van der Waals surface area contributed by atoms with Gasteiger partial charge in [0.05, 0.1) is 11.4 Å². The van der Waals surface area contributed by atoms with Crippen LogP contribution in [0.15, 0.2) is 42.6 Å². The molecule has 1 aliphatic heterocycles. The van der Waals surface area contributed by atoms with Gasteiger partial charge in [0.1, 0.15) is 0 Å². The van der Waals surface area contributed by atoms with E-state index in [9.17, 15) is 4.79 Å². The molecule has 146 valence electrons. The molecule has 0 spiro atoms. The van der Waals surface area contributed by atoms with E-state index in [4.69, 9.17) is 10.7 Å². The number of rotatable bonds is 3. The van der Waals surface area contributed by atoms with Gasteiger partial charge in [-0.3, -0.25) is 9.78 Å². The van der Waals surface area contributed by atoms with Crippen molar-refractivity contribution in [3.63, 3.8) is 0 Å². The number of carbonyl (C=O) groups is 1. The first-order valence-corrected chi connectivity index (χ1v) is 10.2. The lowest BCUT2D eigenvalue weighted by molar-refractivity contribution is 0.0999. The van der Waals surface area contributed by atoms with E-state index in [1.807, 2.05) is 25.1 Å². The fourth-order valence-corrected chi connectivity index (χ4v) is 4.46. The summed E-state index contributed by atoms with van der Waals surface area (Å²) < 4.78 is 0. The van der Waals surface area contributed by atoms with Crippen molar-refractivity contribution in [1.82, 2.24) is 9.97 Å². The maximum Gasteiger partial charge on any atom is 0.249 e. The standard InChI is InChI=1S/C24H24N4O/c1-15-5-6-16(14-26-15)22-13-21(24(25)29)20-12-17-11-18(28-9-3-2-4-10-28)7-8-19(17)23(20)27-22/h5-8,11,13-14H,2-4,9-10,12H2,1H3,(H2,25,29). The van der Waals surface area contributed by atoms with E-state index in [-0.39, 0.29) is 0 Å². The molecule has 2 N–H and O–H groups in total. The largest absolute Gasteiger partial charge is 0.372 e. The number of hydrogen-bond acceptors (Lipinski definition) is 4. The second-order valence-corrected chi connectivity index (χ2v) is 8.00. The number of aryl methyl sites for hydroxylation is 1. The highest BCUT2D eigenvalue weighted by Crippen LogP contribution is 2.40. The number of hydrogen-bond donors (Lipinski definition) is 1. The highest BCUT2D eigenvalue weighted by molar-refractivity contribution is 5.98. The molecule has 1 aromatic carbocycles. The van der Waals surface area contributed by atoms with Crippen molar-refractivity contribution in [2.24, 2.45) is 5.73 Å². The van der Waals surface area contributed by atoms with Gasteiger partial charge in [-0.1, -0.05) is 6.07 Å². The zero-order chi connectivity index (χ0) is 20.0. The van der Waals surface area contributed by atoms with Crippen LogP contribution in [0.5, 0.6) is 0 Å². The summed E-state index contributed by atoms with van der Waals surface area (Å²) in [5.41, 5.74) is 14.3. The molecule has 1 saturated heterocycles. The highest BCUT2D eigenvalue weighted by atomic mass is 16.1. The first-order chi connectivity index (χ1) is 14.1. The summed E-state index contributed by atoms with van der Waals surface area (Å²) in [7, 11) is 0. The molecule has 5 nitrogen and oxygen atoms in total. The monoisotopic (exact) mass is 384 g/mol. The molecule has 2 aliphatic rings. The summed E-state index contributed by atoms with van der Waals surface area (Å²) in [5, 5.41) is 0. The van der Waals surface area contributed by atoms with Gasteiger partial charge in [-0.25, -0.2) is 4.98 Å². The first kappa shape index (κ1) is 17.9. The molecule has 29 heavy (non-hydrogen) atoms. The quantitative estimate of drug-likeness (QED) is 0.577. The Hall–Kier alpha value is -3.21. The summed E-state index contributed by atoms with van der Waals surface area (Å²) in [5.74, 6) is -0.408. The minimum absolute atomic E-state index is 0.408. The van der Waals surface area contributed by atoms with Crippen molar-refractivity contribution in [3.8, 4) is 22.5 Å². The molecule has 0 atom stereocenters. The number of benzene rings is 1. The second kappa shape index (κ2) is 6.99. The zero-order valence-electron chi connectivity index (χ0n) is 16.6. The van der Waals surface area contributed by atoms with Crippen LogP contribution in [0.1, 0.15) is 46.4 Å². The Bertz CT molecular complexity index is 1100. The van der Waals surface area contributed by atoms with Gasteiger partial charge in [0.2, 0.25) is 5.91 Å². The third-order valence-corrected chi connectivity index (χ3v) is 6.03. The van der Waals surface area contributed by atoms with Crippen LogP contribution < -0.4 is 10.6 Å². The Labute approximate surface area is 170 Å². The Balaban J connectivity index is 1.60. The number of nitrogens with zero attached hydrogens (tertiary/aromatic N) is 3. The van der Waals surface area contributed by atoms with E-state index < -0.39 is 5.91 Å². The van der Waals surface area contributed by atoms with Crippen molar-refractivity contribution in [1.29, 1.82) is 0 Å². The second-order valence-electron chi connectivity index (χ2n) is 8.00. The van der Waals surface area contributed by atoms with Gasteiger partial charge in [0, 0.05) is 53.8 Å². The third kappa shape index (κ3) is 3.16. The van der Waals surface area contributed by atoms with Crippen LogP contribution in [0.25, 0.3) is 22.5 Å². The number of primary amides is 1. The van der Waals surface area contributed by atoms with Crippen LogP contribution in [0.3, 0.4) is 0 Å². The van der Waals surface area contributed by atoms with Gasteiger partial charge in [-0.15, -0.1) is 0 Å². The molecule has 0 saturated carbocycles. The van der Waals surface area contributed by atoms with Crippen LogP contribution in [-0.4, -0.2) is 29.0 Å². The van der Waals surface area contributed by atoms with Crippen molar-refractivity contribution >= 4 is 11.6 Å². The number of aromatic nitrogens is 2. The number of nitrogens with two attached hydrogens (primary N) is 1. The van der Waals surface area contributed by atoms with Gasteiger partial charge in [-0.05, 0) is 67.6 Å². The molecule has 0 bridgehead atoms. The number of carbonyl (C=O) groups excluding carboxylic acids is 1. The highest BCUT2D eigenvalue weighted by Gasteiger charge is 2.27. The number of pyridine rings is 2. The molecule has 5 rings (SSSR count). The van der Waals surface area contributed by atoms with E-state index in [0.29, 0.717) is 12.0 Å². The SMILES string of the molecule is Cc1ccc(-c2cc(C(N)=O)c3c(n2)-c2ccc(N4CCCCC4)cc2C3)cn1. The number of piperidine rings is 1. The molecule has 1 fully saturated rings. The summed E-state index contributed by atoms with van der Waals surface area (Å²) in [6, 6.07) is 12.3. The maximum atomic E-state index is 12.2. The fraction of sp³-hybridized carbons (Fsp3) is 0.292. The van der Waals surface area contributed by atoms with E-state index in [2.05, 4.69) is 28.1 Å². The maximum absolute atomic E-state index is 12.2. The van der Waals surface area contributed by atoms with Crippen LogP contribution in [0, 0.1) is 6.92 Å². The summed E-state index contributed by atoms with van der Waals surface area (Å²) in [6.45, 7) is 4.17. The van der Waals surface area contributed by atoms with E-state index in [1.54, 1.807) is 6.20 Å². The molecular formula is C24H24N4O. The van der Waals surface area contributed by atoms with Crippen LogP contribution in [-0.2, 0) is 6.42 Å². The molecule has 3 heterocycles. The van der Waals surface area contributed by atoms with Crippen molar-refractivity contribution in [2.45, 2.75) is 32.6 Å². The normalized spacial score (nSPS) is 15.1. The Morgan fingerprint density at radius 1 is 1.07 bits per heavy atom. The molecule has 2 aromatic heterocycles. The smallest absolute Gasteiger partial charge is 0.249 e. The van der Waals surface area contributed by atoms with E-state index in [0.717, 1.165) is 46.9 Å². The molecule has 0 radical (unpaired) electrons. The lowest BCUT2D eigenvalue weighted by Crippen LogP contribution is -2.29. The van der Waals surface area contributed by atoms with Gasteiger partial charge >= 0.3 is 0 Å². The summed E-state index contributed by atoms with van der Waals surface area (Å²) >= 11 is 0. The Morgan fingerprint density at radius 2 is 1.90 bits per heavy atom. The average molecular weight is 384 g/mol. The minimum atomic E-state index is -0.408. The van der Waals surface area contributed by atoms with Crippen molar-refractivity contribution in [2.75, 3.05) is 18.0 Å². The predicted octanol–water partition coefficient (Wildman–Crippen LogP) is 4.11. The molecule has 1 aliphatic carbocycles. The summed E-state index contributed by atoms with van der Waals surface area (Å²) in [4.78, 5) is 24.0. The van der Waals surface area contributed by atoms with E-state index >= 15 is 0 Å². The van der Waals surface area contributed by atoms with Gasteiger partial charge in [-0.2, -0.15) is 0 Å². The van der Waals surface area contributed by atoms with Crippen molar-refractivity contribution < 1.29 is 4.79 Å². The van der Waals surface area contributed by atoms with Crippen LogP contribution >= 0.6 is 0 Å². The molecule has 1 amide bonds. The van der Waals surface area contributed by atoms with Crippen molar-refractivity contribution in [3.05, 3.63) is 65.0 Å². The molecule has 3 aromatic rings. The zero-order valence-corrected chi connectivity index (χ0v) is 16.6. The third-order valence-electron chi connectivity index (χ3n) is 6.03. The van der Waals surface area contributed by atoms with Gasteiger partial charge < -0.3 is 10.6 Å².